The van der Waals surface area contributed by atoms with E-state index in [-0.39, 0.29) is 0 Å². The molecule has 0 saturated heterocycles. The number of anilines is 1. The Hall–Kier alpha value is -1.69. The number of aliphatic imine (C=N–C) groups is 1. The van der Waals surface area contributed by atoms with Crippen molar-refractivity contribution in [3.05, 3.63) is 23.8 Å². The summed E-state index contributed by atoms with van der Waals surface area (Å²) in [6.45, 7) is 6.94. The van der Waals surface area contributed by atoms with E-state index < -0.39 is 0 Å². The maximum atomic E-state index is 4.55. The SMILES string of the molecule is CCN=C(NSc1ccc2c(c1)CCN2)N1CC(CC)C=N1. The van der Waals surface area contributed by atoms with Crippen molar-refractivity contribution in [1.82, 2.24) is 9.73 Å². The summed E-state index contributed by atoms with van der Waals surface area (Å²) in [6.07, 6.45) is 4.25. The Bertz CT molecular complexity index is 584. The molecule has 0 bridgehead atoms. The molecule has 0 aromatic heterocycles. The molecular formula is C16H23N5S. The van der Waals surface area contributed by atoms with Crippen LogP contribution in [0.3, 0.4) is 0 Å². The fraction of sp³-hybridized carbons (Fsp3) is 0.500. The number of hydrogen-bond acceptors (Lipinski definition) is 4. The van der Waals surface area contributed by atoms with Crippen LogP contribution in [-0.4, -0.2) is 36.8 Å². The van der Waals surface area contributed by atoms with Gasteiger partial charge in [0, 0.05) is 35.8 Å². The van der Waals surface area contributed by atoms with E-state index in [0.717, 1.165) is 38.4 Å². The van der Waals surface area contributed by atoms with Crippen LogP contribution in [0.1, 0.15) is 25.8 Å². The van der Waals surface area contributed by atoms with Crippen LogP contribution in [0, 0.1) is 5.92 Å². The third kappa shape index (κ3) is 3.38. The molecule has 118 valence electrons. The molecule has 1 unspecified atom stereocenters. The van der Waals surface area contributed by atoms with Crippen molar-refractivity contribution >= 4 is 29.8 Å². The molecule has 2 N–H and O–H groups in total. The van der Waals surface area contributed by atoms with Gasteiger partial charge in [0.05, 0.1) is 6.54 Å². The average molecular weight is 317 g/mol. The van der Waals surface area contributed by atoms with Crippen LogP contribution in [0.25, 0.3) is 0 Å². The summed E-state index contributed by atoms with van der Waals surface area (Å²) < 4.78 is 3.37. The van der Waals surface area contributed by atoms with Gasteiger partial charge in [0.25, 0.3) is 0 Å². The summed E-state index contributed by atoms with van der Waals surface area (Å²) in [4.78, 5) is 5.76. The topological polar surface area (TPSA) is 52.0 Å². The zero-order valence-electron chi connectivity index (χ0n) is 13.2. The summed E-state index contributed by atoms with van der Waals surface area (Å²) in [7, 11) is 0. The van der Waals surface area contributed by atoms with Gasteiger partial charge < -0.3 is 5.32 Å². The lowest BCUT2D eigenvalue weighted by molar-refractivity contribution is 0.431. The lowest BCUT2D eigenvalue weighted by Gasteiger charge is -2.18. The Labute approximate surface area is 136 Å². The van der Waals surface area contributed by atoms with Crippen molar-refractivity contribution in [3.8, 4) is 0 Å². The van der Waals surface area contributed by atoms with Gasteiger partial charge >= 0.3 is 0 Å². The normalized spacial score (nSPS) is 20.2. The highest BCUT2D eigenvalue weighted by Gasteiger charge is 2.20. The van der Waals surface area contributed by atoms with Gasteiger partial charge in [-0.05, 0) is 55.5 Å². The summed E-state index contributed by atoms with van der Waals surface area (Å²) in [6, 6.07) is 6.54. The summed E-state index contributed by atoms with van der Waals surface area (Å²) in [5, 5.41) is 9.83. The van der Waals surface area contributed by atoms with Crippen LogP contribution in [-0.2, 0) is 6.42 Å². The minimum Gasteiger partial charge on any atom is -0.384 e. The second-order valence-corrected chi connectivity index (χ2v) is 6.39. The first-order valence-electron chi connectivity index (χ1n) is 7.96. The molecule has 3 rings (SSSR count). The number of benzene rings is 1. The van der Waals surface area contributed by atoms with E-state index in [1.807, 2.05) is 18.1 Å². The molecule has 0 radical (unpaired) electrons. The lowest BCUT2D eigenvalue weighted by atomic mass is 10.1. The van der Waals surface area contributed by atoms with E-state index in [4.69, 9.17) is 0 Å². The van der Waals surface area contributed by atoms with Gasteiger partial charge in [0.2, 0.25) is 5.96 Å². The molecule has 0 amide bonds. The van der Waals surface area contributed by atoms with Crippen LogP contribution in [0.4, 0.5) is 5.69 Å². The molecular weight excluding hydrogens is 294 g/mol. The largest absolute Gasteiger partial charge is 0.384 e. The predicted octanol–water partition coefficient (Wildman–Crippen LogP) is 2.95. The fourth-order valence-electron chi connectivity index (χ4n) is 2.63. The lowest BCUT2D eigenvalue weighted by Crippen LogP contribution is -2.34. The monoisotopic (exact) mass is 317 g/mol. The van der Waals surface area contributed by atoms with Crippen molar-refractivity contribution in [2.45, 2.75) is 31.6 Å². The van der Waals surface area contributed by atoms with Crippen LogP contribution in [0.15, 0.2) is 33.2 Å². The first-order chi connectivity index (χ1) is 10.8. The van der Waals surface area contributed by atoms with Gasteiger partial charge in [-0.25, -0.2) is 5.01 Å². The maximum Gasteiger partial charge on any atom is 0.225 e. The zero-order chi connectivity index (χ0) is 15.4. The van der Waals surface area contributed by atoms with Crippen LogP contribution < -0.4 is 10.0 Å². The third-order valence-corrected chi connectivity index (χ3v) is 4.72. The van der Waals surface area contributed by atoms with E-state index in [2.05, 4.69) is 45.3 Å². The molecule has 0 fully saturated rings. The summed E-state index contributed by atoms with van der Waals surface area (Å²) >= 11 is 1.61. The number of rotatable bonds is 4. The predicted molar refractivity (Wildman–Crippen MR) is 94.6 cm³/mol. The van der Waals surface area contributed by atoms with Gasteiger partial charge in [0.1, 0.15) is 0 Å². The van der Waals surface area contributed by atoms with Crippen molar-refractivity contribution < 1.29 is 0 Å². The minimum absolute atomic E-state index is 0.528. The Balaban J connectivity index is 1.63. The molecule has 6 heteroatoms. The van der Waals surface area contributed by atoms with Crippen molar-refractivity contribution in [3.63, 3.8) is 0 Å². The number of hydrogen-bond donors (Lipinski definition) is 2. The Morgan fingerprint density at radius 1 is 1.50 bits per heavy atom. The van der Waals surface area contributed by atoms with Gasteiger partial charge in [-0.2, -0.15) is 5.10 Å². The number of hydrazone groups is 1. The van der Waals surface area contributed by atoms with Crippen molar-refractivity contribution in [2.24, 2.45) is 16.0 Å². The van der Waals surface area contributed by atoms with E-state index in [1.54, 1.807) is 11.9 Å². The zero-order valence-corrected chi connectivity index (χ0v) is 14.0. The molecule has 1 aromatic rings. The molecule has 5 nitrogen and oxygen atoms in total. The van der Waals surface area contributed by atoms with Crippen LogP contribution in [0.5, 0.6) is 0 Å². The van der Waals surface area contributed by atoms with Gasteiger partial charge in [-0.1, -0.05) is 6.92 Å². The number of guanidine groups is 1. The van der Waals surface area contributed by atoms with Gasteiger partial charge in [0.15, 0.2) is 0 Å². The maximum absolute atomic E-state index is 4.55. The Morgan fingerprint density at radius 3 is 3.18 bits per heavy atom. The van der Waals surface area contributed by atoms with E-state index in [0.29, 0.717) is 5.92 Å². The van der Waals surface area contributed by atoms with Crippen LogP contribution >= 0.6 is 11.9 Å². The molecule has 0 aliphatic carbocycles. The molecule has 2 aliphatic heterocycles. The fourth-order valence-corrected chi connectivity index (χ4v) is 3.35. The summed E-state index contributed by atoms with van der Waals surface area (Å²) in [5.74, 6) is 1.37. The highest BCUT2D eigenvalue weighted by molar-refractivity contribution is 7.98. The van der Waals surface area contributed by atoms with Gasteiger partial charge in [-0.3, -0.25) is 9.71 Å². The molecule has 1 atom stereocenters. The van der Waals surface area contributed by atoms with Crippen molar-refractivity contribution in [1.29, 1.82) is 0 Å². The quantitative estimate of drug-likeness (QED) is 0.509. The molecule has 2 heterocycles. The van der Waals surface area contributed by atoms with Gasteiger partial charge in [-0.15, -0.1) is 0 Å². The molecule has 2 aliphatic rings. The molecule has 0 spiro atoms. The molecule has 1 aromatic carbocycles. The van der Waals surface area contributed by atoms with E-state index >= 15 is 0 Å². The standard InChI is InChI=1S/C16H23N5S/c1-3-12-10-19-21(11-12)16(17-4-2)20-22-14-5-6-15-13(9-14)7-8-18-15/h5-6,9-10,12,18H,3-4,7-8,11H2,1-2H3,(H,17,20). The van der Waals surface area contributed by atoms with Crippen LogP contribution in [0.2, 0.25) is 0 Å². The average Bonchev–Trinajstić information content (AvgIpc) is 3.19. The number of nitrogens with one attached hydrogen (secondary N) is 2. The number of fused-ring (bicyclic) bond motifs is 1. The molecule has 0 saturated carbocycles. The van der Waals surface area contributed by atoms with Crippen molar-refractivity contribution in [2.75, 3.05) is 25.0 Å². The first-order valence-corrected chi connectivity index (χ1v) is 8.77. The molecule has 22 heavy (non-hydrogen) atoms. The minimum atomic E-state index is 0.528. The summed E-state index contributed by atoms with van der Waals surface area (Å²) in [5.41, 5.74) is 2.66. The number of nitrogens with zero attached hydrogens (tertiary/aromatic N) is 3. The Kier molecular flexibility index (Phi) is 4.87. The third-order valence-electron chi connectivity index (χ3n) is 3.95. The Morgan fingerprint density at radius 2 is 2.41 bits per heavy atom. The second kappa shape index (κ2) is 7.05. The first kappa shape index (κ1) is 15.2. The highest BCUT2D eigenvalue weighted by atomic mass is 32.2. The highest BCUT2D eigenvalue weighted by Crippen LogP contribution is 2.27. The smallest absolute Gasteiger partial charge is 0.225 e. The van der Waals surface area contributed by atoms with E-state index in [9.17, 15) is 0 Å². The second-order valence-electron chi connectivity index (χ2n) is 5.51. The van der Waals surface area contributed by atoms with E-state index in [1.165, 1.54) is 16.1 Å².